The summed E-state index contributed by atoms with van der Waals surface area (Å²) < 4.78 is 0. The van der Waals surface area contributed by atoms with Gasteiger partial charge in [0, 0.05) is 30.9 Å². The van der Waals surface area contributed by atoms with E-state index in [1.807, 2.05) is 4.90 Å². The number of hydrogen-bond acceptors (Lipinski definition) is 2. The molecule has 1 aliphatic heterocycles. The minimum Gasteiger partial charge on any atom is -0.339 e. The lowest BCUT2D eigenvalue weighted by Gasteiger charge is -2.29. The van der Waals surface area contributed by atoms with Crippen molar-refractivity contribution in [1.82, 2.24) is 9.88 Å². The third kappa shape index (κ3) is 3.50. The van der Waals surface area contributed by atoms with Gasteiger partial charge in [-0.2, -0.15) is 0 Å². The van der Waals surface area contributed by atoms with Crippen LogP contribution in [0.1, 0.15) is 50.4 Å². The van der Waals surface area contributed by atoms with Gasteiger partial charge in [-0.25, -0.2) is 0 Å². The number of amides is 1. The molecular formula is C16H24N2O2. The Kier molecular flexibility index (Phi) is 4.31. The molecule has 0 aromatic carbocycles. The highest BCUT2D eigenvalue weighted by Gasteiger charge is 2.28. The molecule has 1 atom stereocenters. The molecule has 1 fully saturated rings. The van der Waals surface area contributed by atoms with Crippen LogP contribution in [0.4, 0.5) is 0 Å². The molecule has 1 aromatic heterocycles. The molecule has 2 heterocycles. The Bertz CT molecular complexity index is 528. The summed E-state index contributed by atoms with van der Waals surface area (Å²) in [5, 5.41) is 0. The smallest absolute Gasteiger partial charge is 0.254 e. The monoisotopic (exact) mass is 276 g/mol. The van der Waals surface area contributed by atoms with Crippen LogP contribution in [-0.4, -0.2) is 28.9 Å². The van der Waals surface area contributed by atoms with E-state index in [4.69, 9.17) is 0 Å². The third-order valence-electron chi connectivity index (χ3n) is 4.26. The third-order valence-corrected chi connectivity index (χ3v) is 4.26. The van der Waals surface area contributed by atoms with Crippen LogP contribution in [0.25, 0.3) is 0 Å². The highest BCUT2D eigenvalue weighted by molar-refractivity contribution is 5.94. The van der Waals surface area contributed by atoms with Crippen LogP contribution >= 0.6 is 0 Å². The van der Waals surface area contributed by atoms with E-state index in [-0.39, 0.29) is 11.5 Å². The molecular weight excluding hydrogens is 252 g/mol. The minimum absolute atomic E-state index is 0.0225. The Hall–Kier alpha value is -1.58. The number of carbonyl (C=O) groups excluding carboxylic acids is 1. The number of aromatic nitrogens is 1. The van der Waals surface area contributed by atoms with Crippen molar-refractivity contribution in [3.8, 4) is 0 Å². The average Bonchev–Trinajstić information content (AvgIpc) is 2.63. The molecule has 110 valence electrons. The van der Waals surface area contributed by atoms with Gasteiger partial charge in [-0.1, -0.05) is 20.8 Å². The van der Waals surface area contributed by atoms with Crippen molar-refractivity contribution in [2.75, 3.05) is 13.1 Å². The zero-order chi connectivity index (χ0) is 14.8. The van der Waals surface area contributed by atoms with Gasteiger partial charge in [0.05, 0.1) is 0 Å². The number of pyridine rings is 1. The Morgan fingerprint density at radius 3 is 2.70 bits per heavy atom. The fourth-order valence-corrected chi connectivity index (χ4v) is 2.93. The van der Waals surface area contributed by atoms with Gasteiger partial charge in [-0.15, -0.1) is 0 Å². The molecule has 4 nitrogen and oxygen atoms in total. The summed E-state index contributed by atoms with van der Waals surface area (Å²) >= 11 is 0. The van der Waals surface area contributed by atoms with Crippen molar-refractivity contribution in [3.63, 3.8) is 0 Å². The second kappa shape index (κ2) is 5.81. The quantitative estimate of drug-likeness (QED) is 0.857. The van der Waals surface area contributed by atoms with E-state index in [0.29, 0.717) is 16.9 Å². The van der Waals surface area contributed by atoms with E-state index in [2.05, 4.69) is 25.8 Å². The van der Waals surface area contributed by atoms with Crippen LogP contribution in [0.3, 0.4) is 0 Å². The maximum absolute atomic E-state index is 12.4. The van der Waals surface area contributed by atoms with Crippen LogP contribution in [0.15, 0.2) is 23.1 Å². The number of nitrogens with one attached hydrogen (secondary N) is 1. The summed E-state index contributed by atoms with van der Waals surface area (Å²) in [6, 6.07) is 3.06. The number of aromatic amines is 1. The van der Waals surface area contributed by atoms with Crippen LogP contribution in [0.2, 0.25) is 0 Å². The first-order valence-corrected chi connectivity index (χ1v) is 7.36. The Morgan fingerprint density at radius 1 is 1.30 bits per heavy atom. The molecule has 1 N–H and O–H groups in total. The highest BCUT2D eigenvalue weighted by atomic mass is 16.2. The molecule has 0 spiro atoms. The molecule has 1 aromatic rings. The number of H-pyrrole nitrogens is 1. The van der Waals surface area contributed by atoms with Gasteiger partial charge in [0.2, 0.25) is 5.56 Å². The number of hydrogen-bond donors (Lipinski definition) is 1. The Morgan fingerprint density at radius 2 is 2.05 bits per heavy atom. The van der Waals surface area contributed by atoms with Crippen LogP contribution in [0.5, 0.6) is 0 Å². The topological polar surface area (TPSA) is 53.2 Å². The first-order chi connectivity index (χ1) is 9.38. The van der Waals surface area contributed by atoms with Gasteiger partial charge in [-0.3, -0.25) is 9.59 Å². The standard InChI is InChI=1S/C16H24N2O2/c1-16(2,3)13-5-4-9-18(10-7-13)15(20)12-6-8-17-14(19)11-12/h6,8,11,13H,4-5,7,9-10H2,1-3H3,(H,17,19). The summed E-state index contributed by atoms with van der Waals surface area (Å²) in [5.41, 5.74) is 0.560. The zero-order valence-corrected chi connectivity index (χ0v) is 12.6. The van der Waals surface area contributed by atoms with Crippen LogP contribution in [-0.2, 0) is 0 Å². The molecule has 4 heteroatoms. The normalized spacial score (nSPS) is 20.6. The molecule has 0 bridgehead atoms. The maximum Gasteiger partial charge on any atom is 0.254 e. The molecule has 0 saturated carbocycles. The van der Waals surface area contributed by atoms with Crippen molar-refractivity contribution < 1.29 is 4.79 Å². The number of carbonyl (C=O) groups is 1. The van der Waals surface area contributed by atoms with Gasteiger partial charge in [0.15, 0.2) is 0 Å². The largest absolute Gasteiger partial charge is 0.339 e. The molecule has 0 aliphatic carbocycles. The van der Waals surface area contributed by atoms with Crippen molar-refractivity contribution in [2.45, 2.75) is 40.0 Å². The number of rotatable bonds is 1. The molecule has 1 amide bonds. The Balaban J connectivity index is 2.07. The SMILES string of the molecule is CC(C)(C)C1CCCN(C(=O)c2cc[nH]c(=O)c2)CC1. The molecule has 1 unspecified atom stereocenters. The fourth-order valence-electron chi connectivity index (χ4n) is 2.93. The summed E-state index contributed by atoms with van der Waals surface area (Å²) in [6.07, 6.45) is 4.78. The molecule has 20 heavy (non-hydrogen) atoms. The first kappa shape index (κ1) is 14.8. The van der Waals surface area contributed by atoms with Gasteiger partial charge in [0.25, 0.3) is 5.91 Å². The Labute approximate surface area is 120 Å². The van der Waals surface area contributed by atoms with Crippen molar-refractivity contribution in [2.24, 2.45) is 11.3 Å². The lowest BCUT2D eigenvalue weighted by molar-refractivity contribution is 0.0755. The minimum atomic E-state index is -0.224. The summed E-state index contributed by atoms with van der Waals surface area (Å²) in [6.45, 7) is 8.38. The van der Waals surface area contributed by atoms with E-state index in [1.54, 1.807) is 6.07 Å². The van der Waals surface area contributed by atoms with Crippen molar-refractivity contribution in [3.05, 3.63) is 34.2 Å². The van der Waals surface area contributed by atoms with Crippen LogP contribution in [0, 0.1) is 11.3 Å². The van der Waals surface area contributed by atoms with Gasteiger partial charge >= 0.3 is 0 Å². The summed E-state index contributed by atoms with van der Waals surface area (Å²) in [4.78, 5) is 28.2. The van der Waals surface area contributed by atoms with Crippen molar-refractivity contribution >= 4 is 5.91 Å². The average molecular weight is 276 g/mol. The molecule has 2 rings (SSSR count). The van der Waals surface area contributed by atoms with E-state index < -0.39 is 0 Å². The molecule has 1 aliphatic rings. The first-order valence-electron chi connectivity index (χ1n) is 7.36. The summed E-state index contributed by atoms with van der Waals surface area (Å²) in [7, 11) is 0. The highest BCUT2D eigenvalue weighted by Crippen LogP contribution is 2.34. The van der Waals surface area contributed by atoms with Crippen molar-refractivity contribution in [1.29, 1.82) is 0 Å². The van der Waals surface area contributed by atoms with E-state index in [1.165, 1.54) is 18.7 Å². The zero-order valence-electron chi connectivity index (χ0n) is 12.6. The van der Waals surface area contributed by atoms with Gasteiger partial charge in [-0.05, 0) is 36.7 Å². The predicted octanol–water partition coefficient (Wildman–Crippen LogP) is 2.66. The lowest BCUT2D eigenvalue weighted by atomic mass is 9.77. The number of nitrogens with zero attached hydrogens (tertiary/aromatic N) is 1. The number of likely N-dealkylation sites (tertiary alicyclic amines) is 1. The molecule has 0 radical (unpaired) electrons. The maximum atomic E-state index is 12.4. The van der Waals surface area contributed by atoms with E-state index in [0.717, 1.165) is 25.9 Å². The second-order valence-corrected chi connectivity index (χ2v) is 6.73. The molecule has 1 saturated heterocycles. The van der Waals surface area contributed by atoms with E-state index in [9.17, 15) is 9.59 Å². The second-order valence-electron chi connectivity index (χ2n) is 6.73. The predicted molar refractivity (Wildman–Crippen MR) is 79.8 cm³/mol. The van der Waals surface area contributed by atoms with E-state index >= 15 is 0 Å². The summed E-state index contributed by atoms with van der Waals surface area (Å²) in [5.74, 6) is 0.630. The van der Waals surface area contributed by atoms with Gasteiger partial charge in [0.1, 0.15) is 0 Å². The lowest BCUT2D eigenvalue weighted by Crippen LogP contribution is -2.33. The fraction of sp³-hybridized carbons (Fsp3) is 0.625. The van der Waals surface area contributed by atoms with Crippen LogP contribution < -0.4 is 5.56 Å². The van der Waals surface area contributed by atoms with Gasteiger partial charge < -0.3 is 9.88 Å².